The van der Waals surface area contributed by atoms with Crippen LogP contribution < -0.4 is 4.90 Å². The van der Waals surface area contributed by atoms with Crippen molar-refractivity contribution in [3.63, 3.8) is 0 Å². The molecule has 0 radical (unpaired) electrons. The zero-order chi connectivity index (χ0) is 40.3. The monoisotopic (exact) mass is 783 g/mol. The summed E-state index contributed by atoms with van der Waals surface area (Å²) >= 11 is 0. The molecule has 9 aromatic carbocycles. The Hall–Kier alpha value is -6.70. The van der Waals surface area contributed by atoms with Crippen molar-refractivity contribution in [3.8, 4) is 44.5 Å². The van der Waals surface area contributed by atoms with Crippen molar-refractivity contribution in [2.24, 2.45) is 17.8 Å². The van der Waals surface area contributed by atoms with E-state index in [2.05, 4.69) is 211 Å². The molecule has 0 unspecified atom stereocenters. The van der Waals surface area contributed by atoms with Crippen molar-refractivity contribution >= 4 is 38.6 Å². The summed E-state index contributed by atoms with van der Waals surface area (Å²) in [6, 6.07) is 76.6. The average Bonchev–Trinajstić information content (AvgIpc) is 3.31. The van der Waals surface area contributed by atoms with Crippen molar-refractivity contribution in [2.75, 3.05) is 4.90 Å². The van der Waals surface area contributed by atoms with E-state index in [1.54, 1.807) is 5.56 Å². The van der Waals surface area contributed by atoms with Gasteiger partial charge in [-0.2, -0.15) is 0 Å². The van der Waals surface area contributed by atoms with Crippen molar-refractivity contribution in [3.05, 3.63) is 212 Å². The molecule has 0 aromatic heterocycles. The maximum Gasteiger partial charge on any atom is 0.0467 e. The average molecular weight is 784 g/mol. The van der Waals surface area contributed by atoms with Gasteiger partial charge in [0.25, 0.3) is 0 Å². The van der Waals surface area contributed by atoms with Gasteiger partial charge < -0.3 is 4.90 Å². The Balaban J connectivity index is 0.867. The Morgan fingerprint density at radius 3 is 1.46 bits per heavy atom. The molecule has 0 saturated heterocycles. The Kier molecular flexibility index (Phi) is 8.77. The first-order valence-electron chi connectivity index (χ1n) is 22.4. The standard InChI is InChI=1S/C60H49N/c1-2-10-50-35-52(23-22-44(50)8-1)51-12-5-14-56(36-51)61(57-15-6-13-53(37-57)59-17-7-11-49-9-3-4-16-58(49)59)55-30-26-48(27-31-55)46-20-18-45(19-21-46)47-24-28-54(29-25-47)60-38-41-32-42(39-60)34-43(33-41)40-60/h1-31,35-37,41-43H,32-34,38-40H2. The van der Waals surface area contributed by atoms with Crippen LogP contribution in [0, 0.1) is 17.8 Å². The Labute approximate surface area is 360 Å². The highest BCUT2D eigenvalue weighted by molar-refractivity contribution is 5.97. The van der Waals surface area contributed by atoms with E-state index in [9.17, 15) is 0 Å². The lowest BCUT2D eigenvalue weighted by molar-refractivity contribution is -0.00518. The fourth-order valence-corrected chi connectivity index (χ4v) is 12.1. The molecule has 4 fully saturated rings. The first-order chi connectivity index (χ1) is 30.1. The molecule has 0 spiro atoms. The maximum atomic E-state index is 2.47. The van der Waals surface area contributed by atoms with Gasteiger partial charge in [0.2, 0.25) is 0 Å². The number of benzene rings is 9. The maximum absolute atomic E-state index is 2.47. The fourth-order valence-electron chi connectivity index (χ4n) is 12.1. The molecule has 9 aromatic rings. The predicted molar refractivity (Wildman–Crippen MR) is 258 cm³/mol. The summed E-state index contributed by atoms with van der Waals surface area (Å²) in [5.74, 6) is 2.90. The Morgan fingerprint density at radius 2 is 0.803 bits per heavy atom. The van der Waals surface area contributed by atoms with Crippen LogP contribution in [0.2, 0.25) is 0 Å². The van der Waals surface area contributed by atoms with Crippen LogP contribution in [0.1, 0.15) is 44.1 Å². The van der Waals surface area contributed by atoms with Crippen molar-refractivity contribution in [2.45, 2.75) is 43.9 Å². The van der Waals surface area contributed by atoms with Gasteiger partial charge in [0.15, 0.2) is 0 Å². The van der Waals surface area contributed by atoms with Gasteiger partial charge in [-0.05, 0) is 176 Å². The van der Waals surface area contributed by atoms with Crippen molar-refractivity contribution < 1.29 is 0 Å². The molecule has 13 rings (SSSR count). The molecule has 4 bridgehead atoms. The molecule has 0 N–H and O–H groups in total. The van der Waals surface area contributed by atoms with E-state index in [1.807, 2.05) is 0 Å². The van der Waals surface area contributed by atoms with Gasteiger partial charge in [-0.3, -0.25) is 0 Å². The molecule has 61 heavy (non-hydrogen) atoms. The molecule has 0 atom stereocenters. The molecular formula is C60H49N. The van der Waals surface area contributed by atoms with Crippen LogP contribution in [0.3, 0.4) is 0 Å². The minimum atomic E-state index is 0.443. The summed E-state index contributed by atoms with van der Waals surface area (Å²) in [5, 5.41) is 5.01. The summed E-state index contributed by atoms with van der Waals surface area (Å²) < 4.78 is 0. The second kappa shape index (κ2) is 14.8. The molecule has 0 heterocycles. The van der Waals surface area contributed by atoms with Crippen LogP contribution in [0.15, 0.2) is 206 Å². The van der Waals surface area contributed by atoms with Crippen LogP contribution >= 0.6 is 0 Å². The Morgan fingerprint density at radius 1 is 0.328 bits per heavy atom. The van der Waals surface area contributed by atoms with Crippen LogP contribution in [0.5, 0.6) is 0 Å². The van der Waals surface area contributed by atoms with E-state index in [0.29, 0.717) is 5.41 Å². The highest BCUT2D eigenvalue weighted by Gasteiger charge is 2.51. The van der Waals surface area contributed by atoms with E-state index in [1.165, 1.54) is 105 Å². The summed E-state index contributed by atoms with van der Waals surface area (Å²) in [6.45, 7) is 0. The molecular weight excluding hydrogens is 735 g/mol. The quantitative estimate of drug-likeness (QED) is 0.148. The van der Waals surface area contributed by atoms with E-state index in [0.717, 1.165) is 34.8 Å². The van der Waals surface area contributed by atoms with Gasteiger partial charge in [0, 0.05) is 17.1 Å². The summed E-state index contributed by atoms with van der Waals surface area (Å²) in [5.41, 5.74) is 15.3. The van der Waals surface area contributed by atoms with Crippen molar-refractivity contribution in [1.82, 2.24) is 0 Å². The van der Waals surface area contributed by atoms with Crippen LogP contribution in [0.25, 0.3) is 66.1 Å². The predicted octanol–water partition coefficient (Wildman–Crippen LogP) is 16.6. The van der Waals surface area contributed by atoms with Crippen LogP contribution in [-0.2, 0) is 5.41 Å². The minimum absolute atomic E-state index is 0.443. The molecule has 0 amide bonds. The van der Waals surface area contributed by atoms with E-state index in [-0.39, 0.29) is 0 Å². The van der Waals surface area contributed by atoms with E-state index < -0.39 is 0 Å². The van der Waals surface area contributed by atoms with Crippen LogP contribution in [-0.4, -0.2) is 0 Å². The minimum Gasteiger partial charge on any atom is -0.310 e. The first kappa shape index (κ1) is 36.2. The second-order valence-corrected chi connectivity index (χ2v) is 18.4. The molecule has 4 aliphatic carbocycles. The first-order valence-corrected chi connectivity index (χ1v) is 22.4. The highest BCUT2D eigenvalue weighted by Crippen LogP contribution is 2.60. The topological polar surface area (TPSA) is 3.24 Å². The van der Waals surface area contributed by atoms with Crippen molar-refractivity contribution in [1.29, 1.82) is 0 Å². The zero-order valence-corrected chi connectivity index (χ0v) is 34.6. The molecule has 1 nitrogen and oxygen atoms in total. The van der Waals surface area contributed by atoms with Gasteiger partial charge in [-0.1, -0.05) is 164 Å². The second-order valence-electron chi connectivity index (χ2n) is 18.4. The van der Waals surface area contributed by atoms with E-state index in [4.69, 9.17) is 0 Å². The molecule has 1 heteroatoms. The third kappa shape index (κ3) is 6.64. The summed E-state index contributed by atoms with van der Waals surface area (Å²) in [7, 11) is 0. The largest absolute Gasteiger partial charge is 0.310 e. The normalized spacial score (nSPS) is 20.3. The van der Waals surface area contributed by atoms with E-state index >= 15 is 0 Å². The fraction of sp³-hybridized carbons (Fsp3) is 0.167. The SMILES string of the molecule is c1cc(-c2ccc3ccccc3c2)cc(N(c2ccc(-c3ccc(-c4ccc(C56CC7CC(CC(C7)C5)C6)cc4)cc3)cc2)c2cccc(-c3cccc4ccccc34)c2)c1. The Bertz CT molecular complexity index is 3000. The molecule has 0 aliphatic heterocycles. The summed E-state index contributed by atoms with van der Waals surface area (Å²) in [4.78, 5) is 2.40. The lowest BCUT2D eigenvalue weighted by atomic mass is 9.48. The van der Waals surface area contributed by atoms with Crippen LogP contribution in [0.4, 0.5) is 17.1 Å². The molecule has 4 saturated carbocycles. The van der Waals surface area contributed by atoms with Gasteiger partial charge >= 0.3 is 0 Å². The number of nitrogens with zero attached hydrogens (tertiary/aromatic N) is 1. The smallest absolute Gasteiger partial charge is 0.0467 e. The lowest BCUT2D eigenvalue weighted by Crippen LogP contribution is -2.48. The number of anilines is 3. The van der Waals surface area contributed by atoms with Gasteiger partial charge in [0.05, 0.1) is 0 Å². The summed E-state index contributed by atoms with van der Waals surface area (Å²) in [6.07, 6.45) is 8.72. The van der Waals surface area contributed by atoms with Gasteiger partial charge in [0.1, 0.15) is 0 Å². The third-order valence-corrected chi connectivity index (χ3v) is 14.6. The zero-order valence-electron chi connectivity index (χ0n) is 34.6. The van der Waals surface area contributed by atoms with Gasteiger partial charge in [-0.25, -0.2) is 0 Å². The highest BCUT2D eigenvalue weighted by atomic mass is 15.1. The number of fused-ring (bicyclic) bond motifs is 2. The third-order valence-electron chi connectivity index (χ3n) is 14.6. The molecule has 294 valence electrons. The lowest BCUT2D eigenvalue weighted by Gasteiger charge is -2.57. The number of hydrogen-bond acceptors (Lipinski definition) is 1. The number of rotatable bonds is 8. The number of hydrogen-bond donors (Lipinski definition) is 0. The molecule has 4 aliphatic rings. The van der Waals surface area contributed by atoms with Gasteiger partial charge in [-0.15, -0.1) is 0 Å².